The second-order valence-electron chi connectivity index (χ2n) is 6.31. The Morgan fingerprint density at radius 3 is 2.92 bits per heavy atom. The average Bonchev–Trinajstić information content (AvgIpc) is 3.31. The lowest BCUT2D eigenvalue weighted by molar-refractivity contribution is 0.206. The van der Waals surface area contributed by atoms with Crippen LogP contribution >= 0.6 is 0 Å². The van der Waals surface area contributed by atoms with Crippen molar-refractivity contribution in [2.24, 2.45) is 0 Å². The number of anilines is 2. The molecule has 0 bridgehead atoms. The van der Waals surface area contributed by atoms with Crippen molar-refractivity contribution in [3.8, 4) is 11.1 Å². The first-order valence-corrected chi connectivity index (χ1v) is 8.60. The Hall–Kier alpha value is -3.35. The third kappa shape index (κ3) is 3.11. The number of nitrogens with two attached hydrogens (primary N) is 1. The number of hydrogen-bond acceptors (Lipinski definition) is 4. The van der Waals surface area contributed by atoms with E-state index in [0.29, 0.717) is 12.4 Å². The van der Waals surface area contributed by atoms with Gasteiger partial charge in [0.2, 0.25) is 0 Å². The topological polar surface area (TPSA) is 99.9 Å². The smallest absolute Gasteiger partial charge is 0.322 e. The molecule has 0 spiro atoms. The highest BCUT2D eigenvalue weighted by Gasteiger charge is 2.33. The molecule has 26 heavy (non-hydrogen) atoms. The van der Waals surface area contributed by atoms with E-state index in [-0.39, 0.29) is 12.1 Å². The second kappa shape index (κ2) is 6.87. The van der Waals surface area contributed by atoms with Crippen LogP contribution in [0.2, 0.25) is 0 Å². The summed E-state index contributed by atoms with van der Waals surface area (Å²) < 4.78 is 0. The molecule has 7 nitrogen and oxygen atoms in total. The Morgan fingerprint density at radius 1 is 1.27 bits per heavy atom. The van der Waals surface area contributed by atoms with E-state index in [1.54, 1.807) is 12.4 Å². The number of aromatic amines is 1. The minimum atomic E-state index is -0.103. The van der Waals surface area contributed by atoms with E-state index in [0.717, 1.165) is 35.3 Å². The molecule has 4 rings (SSSR count). The van der Waals surface area contributed by atoms with Crippen LogP contribution in [0.5, 0.6) is 0 Å². The molecule has 0 radical (unpaired) electrons. The van der Waals surface area contributed by atoms with Crippen molar-refractivity contribution in [3.05, 3.63) is 60.6 Å². The quantitative estimate of drug-likeness (QED) is 0.675. The van der Waals surface area contributed by atoms with E-state index in [1.165, 1.54) is 0 Å². The molecule has 1 atom stereocenters. The molecule has 0 aliphatic carbocycles. The van der Waals surface area contributed by atoms with Gasteiger partial charge in [-0.1, -0.05) is 18.2 Å². The van der Waals surface area contributed by atoms with Crippen LogP contribution in [0.1, 0.15) is 24.6 Å². The maximum Gasteiger partial charge on any atom is 0.322 e. The Balaban J connectivity index is 1.60. The summed E-state index contributed by atoms with van der Waals surface area (Å²) in [5, 5.41) is 10.3. The molecule has 3 aromatic rings. The number of urea groups is 1. The van der Waals surface area contributed by atoms with Crippen molar-refractivity contribution in [3.63, 3.8) is 0 Å². The number of hydrogen-bond donors (Lipinski definition) is 3. The number of pyridine rings is 1. The van der Waals surface area contributed by atoms with Crippen LogP contribution in [0.4, 0.5) is 16.3 Å². The summed E-state index contributed by atoms with van der Waals surface area (Å²) in [6.07, 6.45) is 5.29. The van der Waals surface area contributed by atoms with Crippen molar-refractivity contribution < 1.29 is 4.79 Å². The lowest BCUT2D eigenvalue weighted by Gasteiger charge is -2.25. The van der Waals surface area contributed by atoms with Gasteiger partial charge in [-0.25, -0.2) is 9.78 Å². The van der Waals surface area contributed by atoms with Crippen molar-refractivity contribution in [2.45, 2.75) is 18.9 Å². The molecular formula is C19H20N6O. The highest BCUT2D eigenvalue weighted by Crippen LogP contribution is 2.36. The summed E-state index contributed by atoms with van der Waals surface area (Å²) in [6, 6.07) is 13.0. The van der Waals surface area contributed by atoms with E-state index in [4.69, 9.17) is 5.73 Å². The summed E-state index contributed by atoms with van der Waals surface area (Å²) in [7, 11) is 0. The van der Waals surface area contributed by atoms with E-state index >= 15 is 0 Å². The van der Waals surface area contributed by atoms with Gasteiger partial charge in [0, 0.05) is 24.0 Å². The lowest BCUT2D eigenvalue weighted by atomic mass is 10.0. The molecule has 0 saturated carbocycles. The molecule has 4 N–H and O–H groups in total. The van der Waals surface area contributed by atoms with Gasteiger partial charge in [-0.15, -0.1) is 0 Å². The van der Waals surface area contributed by atoms with E-state index < -0.39 is 0 Å². The van der Waals surface area contributed by atoms with Crippen molar-refractivity contribution in [2.75, 3.05) is 17.6 Å². The highest BCUT2D eigenvalue weighted by molar-refractivity contribution is 5.90. The number of amides is 2. The number of nitrogen functional groups attached to an aromatic ring is 1. The number of nitrogens with one attached hydrogen (secondary N) is 2. The Kier molecular flexibility index (Phi) is 4.27. The fraction of sp³-hybridized carbons (Fsp3) is 0.211. The van der Waals surface area contributed by atoms with Crippen LogP contribution in [0, 0.1) is 0 Å². The van der Waals surface area contributed by atoms with Gasteiger partial charge in [0.25, 0.3) is 0 Å². The number of carbonyl (C=O) groups excluding carboxylic acids is 1. The van der Waals surface area contributed by atoms with Crippen molar-refractivity contribution >= 4 is 17.5 Å². The zero-order valence-corrected chi connectivity index (χ0v) is 14.2. The van der Waals surface area contributed by atoms with Crippen LogP contribution in [-0.2, 0) is 0 Å². The fourth-order valence-electron chi connectivity index (χ4n) is 3.42. The molecule has 7 heteroatoms. The molecule has 1 saturated heterocycles. The van der Waals surface area contributed by atoms with Crippen LogP contribution in [0.15, 0.2) is 54.9 Å². The Morgan fingerprint density at radius 2 is 2.12 bits per heavy atom. The second-order valence-corrected chi connectivity index (χ2v) is 6.31. The first kappa shape index (κ1) is 16.1. The summed E-state index contributed by atoms with van der Waals surface area (Å²) in [6.45, 7) is 0.709. The number of rotatable bonds is 3. The highest BCUT2D eigenvalue weighted by atomic mass is 16.2. The SMILES string of the molecule is Nc1cc(-c2cn[nH]c2C2CCCN2C(=O)Nc2ccccc2)ccn1. The molecule has 2 aromatic heterocycles. The molecule has 3 heterocycles. The van der Waals surface area contributed by atoms with E-state index in [2.05, 4.69) is 20.5 Å². The minimum Gasteiger partial charge on any atom is -0.384 e. The zero-order chi connectivity index (χ0) is 17.9. The van der Waals surface area contributed by atoms with Gasteiger partial charge in [0.05, 0.1) is 17.9 Å². The molecule has 1 unspecified atom stereocenters. The lowest BCUT2D eigenvalue weighted by Crippen LogP contribution is -2.34. The standard InChI is InChI=1S/C19H20N6O/c20-17-11-13(8-9-21-17)15-12-22-24-18(15)16-7-4-10-25(16)19(26)23-14-5-2-1-3-6-14/h1-3,5-6,8-9,11-12,16H,4,7,10H2,(H2,20,21)(H,22,24)(H,23,26). The normalized spacial score (nSPS) is 16.6. The van der Waals surface area contributed by atoms with Gasteiger partial charge in [-0.3, -0.25) is 5.10 Å². The van der Waals surface area contributed by atoms with E-state index in [9.17, 15) is 4.79 Å². The van der Waals surface area contributed by atoms with Gasteiger partial charge < -0.3 is 16.0 Å². The van der Waals surface area contributed by atoms with Gasteiger partial charge in [0.1, 0.15) is 5.82 Å². The molecule has 132 valence electrons. The van der Waals surface area contributed by atoms with Crippen LogP contribution < -0.4 is 11.1 Å². The number of likely N-dealkylation sites (tertiary alicyclic amines) is 1. The zero-order valence-electron chi connectivity index (χ0n) is 14.2. The maximum atomic E-state index is 12.8. The van der Waals surface area contributed by atoms with E-state index in [1.807, 2.05) is 47.4 Å². The first-order chi connectivity index (χ1) is 12.7. The minimum absolute atomic E-state index is 0.0504. The number of para-hydroxylation sites is 1. The molecule has 1 fully saturated rings. The molecule has 1 aliphatic heterocycles. The largest absolute Gasteiger partial charge is 0.384 e. The predicted octanol–water partition coefficient (Wildman–Crippen LogP) is 3.42. The molecule has 2 amide bonds. The van der Waals surface area contributed by atoms with Gasteiger partial charge in [-0.05, 0) is 42.7 Å². The first-order valence-electron chi connectivity index (χ1n) is 8.60. The van der Waals surface area contributed by atoms with Crippen LogP contribution in [-0.4, -0.2) is 32.7 Å². The molecule has 1 aromatic carbocycles. The van der Waals surface area contributed by atoms with Gasteiger partial charge >= 0.3 is 6.03 Å². The van der Waals surface area contributed by atoms with Crippen LogP contribution in [0.3, 0.4) is 0 Å². The summed E-state index contributed by atoms with van der Waals surface area (Å²) in [5.41, 5.74) is 9.42. The summed E-state index contributed by atoms with van der Waals surface area (Å²) in [4.78, 5) is 18.7. The summed E-state index contributed by atoms with van der Waals surface area (Å²) in [5.74, 6) is 0.458. The predicted molar refractivity (Wildman–Crippen MR) is 100 cm³/mol. The van der Waals surface area contributed by atoms with Gasteiger partial charge in [0.15, 0.2) is 0 Å². The number of H-pyrrole nitrogens is 1. The fourth-order valence-corrected chi connectivity index (χ4v) is 3.42. The Labute approximate surface area is 151 Å². The third-order valence-corrected chi connectivity index (χ3v) is 4.63. The molecular weight excluding hydrogens is 328 g/mol. The number of benzene rings is 1. The van der Waals surface area contributed by atoms with Crippen molar-refractivity contribution in [1.29, 1.82) is 0 Å². The maximum absolute atomic E-state index is 12.8. The molecule has 1 aliphatic rings. The monoisotopic (exact) mass is 348 g/mol. The summed E-state index contributed by atoms with van der Waals surface area (Å²) >= 11 is 0. The van der Waals surface area contributed by atoms with Crippen LogP contribution in [0.25, 0.3) is 11.1 Å². The third-order valence-electron chi connectivity index (χ3n) is 4.63. The number of aromatic nitrogens is 3. The Bertz CT molecular complexity index is 907. The van der Waals surface area contributed by atoms with Crippen molar-refractivity contribution in [1.82, 2.24) is 20.1 Å². The number of carbonyl (C=O) groups is 1. The average molecular weight is 348 g/mol. The van der Waals surface area contributed by atoms with Gasteiger partial charge in [-0.2, -0.15) is 5.10 Å². The number of nitrogens with zero attached hydrogens (tertiary/aromatic N) is 3.